The van der Waals surface area contributed by atoms with Gasteiger partial charge in [-0.3, -0.25) is 14.4 Å². The first-order valence-electron chi connectivity index (χ1n) is 11.4. The van der Waals surface area contributed by atoms with Crippen molar-refractivity contribution in [1.82, 2.24) is 0 Å². The summed E-state index contributed by atoms with van der Waals surface area (Å²) in [5.41, 5.74) is 3.93. The predicted molar refractivity (Wildman–Crippen MR) is 124 cm³/mol. The highest BCUT2D eigenvalue weighted by Gasteiger charge is 2.42. The van der Waals surface area contributed by atoms with E-state index < -0.39 is 24.3 Å². The van der Waals surface area contributed by atoms with Gasteiger partial charge in [-0.15, -0.1) is 0 Å². The Morgan fingerprint density at radius 2 is 1.88 bits per heavy atom. The summed E-state index contributed by atoms with van der Waals surface area (Å²) in [6.45, 7) is 12.5. The number of ether oxygens (including phenoxy) is 4. The molecule has 2 rings (SSSR count). The molecular weight excluding hydrogens is 424 g/mol. The van der Waals surface area contributed by atoms with Gasteiger partial charge in [0.1, 0.15) is 12.7 Å². The highest BCUT2D eigenvalue weighted by atomic mass is 16.7. The van der Waals surface area contributed by atoms with Crippen molar-refractivity contribution >= 4 is 17.9 Å². The highest BCUT2D eigenvalue weighted by molar-refractivity contribution is 5.67. The summed E-state index contributed by atoms with van der Waals surface area (Å²) in [5, 5.41) is 0. The van der Waals surface area contributed by atoms with Gasteiger partial charge < -0.3 is 18.9 Å². The van der Waals surface area contributed by atoms with Crippen LogP contribution in [0.2, 0.25) is 0 Å². The molecule has 0 radical (unpaired) electrons. The van der Waals surface area contributed by atoms with Crippen LogP contribution in [0.1, 0.15) is 66.7 Å². The zero-order valence-corrected chi connectivity index (χ0v) is 20.3. The summed E-state index contributed by atoms with van der Waals surface area (Å²) < 4.78 is 22.1. The van der Waals surface area contributed by atoms with Crippen LogP contribution in [0.4, 0.5) is 0 Å². The van der Waals surface area contributed by atoms with Crippen molar-refractivity contribution in [3.8, 4) is 0 Å². The summed E-state index contributed by atoms with van der Waals surface area (Å²) in [6.07, 6.45) is 8.07. The van der Waals surface area contributed by atoms with Gasteiger partial charge in [-0.05, 0) is 45.1 Å². The first-order valence-corrected chi connectivity index (χ1v) is 11.4. The summed E-state index contributed by atoms with van der Waals surface area (Å²) in [5.74, 6) is -1.47. The van der Waals surface area contributed by atoms with Crippen molar-refractivity contribution in [1.29, 1.82) is 0 Å². The second-order valence-corrected chi connectivity index (χ2v) is 8.81. The van der Waals surface area contributed by atoms with E-state index in [0.717, 1.165) is 42.4 Å². The molecule has 0 saturated carbocycles. The fourth-order valence-electron chi connectivity index (χ4n) is 4.31. The zero-order chi connectivity index (χ0) is 24.5. The van der Waals surface area contributed by atoms with Gasteiger partial charge in [-0.2, -0.15) is 0 Å². The van der Waals surface area contributed by atoms with Crippen LogP contribution in [0.3, 0.4) is 0 Å². The molecule has 4 atom stereocenters. The van der Waals surface area contributed by atoms with Crippen LogP contribution in [-0.4, -0.2) is 36.9 Å². The molecule has 2 aliphatic rings. The molecule has 7 nitrogen and oxygen atoms in total. The van der Waals surface area contributed by atoms with E-state index in [0.29, 0.717) is 6.42 Å². The van der Waals surface area contributed by atoms with Gasteiger partial charge in [0, 0.05) is 38.7 Å². The Morgan fingerprint density at radius 1 is 1.15 bits per heavy atom. The highest BCUT2D eigenvalue weighted by Crippen LogP contribution is 2.43. The zero-order valence-electron chi connectivity index (χ0n) is 20.3. The third-order valence-electron chi connectivity index (χ3n) is 5.92. The number of rotatable bonds is 7. The van der Waals surface area contributed by atoms with E-state index in [-0.39, 0.29) is 24.4 Å². The Bertz CT molecular complexity index is 849. The quantitative estimate of drug-likeness (QED) is 0.302. The third kappa shape index (κ3) is 8.22. The summed E-state index contributed by atoms with van der Waals surface area (Å²) in [7, 11) is 0. The molecule has 1 aliphatic heterocycles. The lowest BCUT2D eigenvalue weighted by molar-refractivity contribution is -0.181. The number of carbonyl (C=O) groups excluding carboxylic acids is 3. The molecule has 0 amide bonds. The molecule has 0 unspecified atom stereocenters. The van der Waals surface area contributed by atoms with Crippen molar-refractivity contribution in [3.63, 3.8) is 0 Å². The van der Waals surface area contributed by atoms with Crippen LogP contribution < -0.4 is 0 Å². The van der Waals surface area contributed by atoms with Crippen molar-refractivity contribution in [2.24, 2.45) is 11.8 Å². The number of esters is 3. The molecule has 33 heavy (non-hydrogen) atoms. The van der Waals surface area contributed by atoms with Gasteiger partial charge >= 0.3 is 17.9 Å². The van der Waals surface area contributed by atoms with E-state index in [1.54, 1.807) is 6.26 Å². The van der Waals surface area contributed by atoms with E-state index in [1.807, 2.05) is 13.0 Å². The predicted octanol–water partition coefficient (Wildman–Crippen LogP) is 4.93. The molecule has 7 heteroatoms. The molecule has 0 aromatic rings. The Morgan fingerprint density at radius 3 is 2.52 bits per heavy atom. The number of hydrogen-bond donors (Lipinski definition) is 0. The second-order valence-electron chi connectivity index (χ2n) is 8.81. The van der Waals surface area contributed by atoms with Gasteiger partial charge in [0.2, 0.25) is 6.29 Å². The van der Waals surface area contributed by atoms with E-state index >= 15 is 0 Å². The Balaban J connectivity index is 2.39. The van der Waals surface area contributed by atoms with Crippen molar-refractivity contribution in [2.75, 3.05) is 6.61 Å². The van der Waals surface area contributed by atoms with E-state index in [2.05, 4.69) is 19.6 Å². The van der Waals surface area contributed by atoms with Crippen LogP contribution in [0, 0.1) is 11.8 Å². The van der Waals surface area contributed by atoms with E-state index in [4.69, 9.17) is 18.9 Å². The smallest absolute Gasteiger partial charge is 0.305 e. The monoisotopic (exact) mass is 460 g/mol. The maximum Gasteiger partial charge on any atom is 0.305 e. The standard InChI is InChI=1S/C26H36O7/c1-16-8-7-9-18(3)25-22(12-10-16)23(15-31-26(25)33-21(6)29)24(32-20(5)28)13-11-17(2)14-30-19(4)27/h8,11,15,22,24-26H,3,7,9-10,12-14H2,1-2,4-6H3/b16-8+,17-11+/t22-,24+,25+,26-/m1/s1. The summed E-state index contributed by atoms with van der Waals surface area (Å²) >= 11 is 0. The lowest BCUT2D eigenvalue weighted by Gasteiger charge is -2.40. The molecular formula is C26H36O7. The molecule has 0 fully saturated rings. The number of carbonyl (C=O) groups is 3. The Labute approximate surface area is 196 Å². The summed E-state index contributed by atoms with van der Waals surface area (Å²) in [6, 6.07) is 0. The fourth-order valence-corrected chi connectivity index (χ4v) is 4.31. The van der Waals surface area contributed by atoms with Gasteiger partial charge in [0.25, 0.3) is 0 Å². The minimum Gasteiger partial charge on any atom is -0.462 e. The summed E-state index contributed by atoms with van der Waals surface area (Å²) in [4.78, 5) is 34.8. The first kappa shape index (κ1) is 26.4. The molecule has 1 aliphatic carbocycles. The van der Waals surface area contributed by atoms with Crippen LogP contribution in [-0.2, 0) is 33.3 Å². The Kier molecular flexibility index (Phi) is 9.95. The average molecular weight is 461 g/mol. The van der Waals surface area contributed by atoms with Crippen molar-refractivity contribution in [3.05, 3.63) is 47.3 Å². The molecule has 0 aromatic heterocycles. The van der Waals surface area contributed by atoms with E-state index in [1.165, 1.54) is 26.3 Å². The SMILES string of the molecule is C=C1CC/C=C(\C)CC[C@@H]2C([C@H](C/C=C(\C)COC(C)=O)OC(C)=O)=CO[C@H](OC(C)=O)[C@@H]12. The first-order chi connectivity index (χ1) is 15.6. The molecule has 0 bridgehead atoms. The van der Waals surface area contributed by atoms with Gasteiger partial charge in [-0.25, -0.2) is 0 Å². The maximum absolute atomic E-state index is 11.9. The number of hydrogen-bond acceptors (Lipinski definition) is 7. The maximum atomic E-state index is 11.9. The molecule has 0 saturated heterocycles. The average Bonchev–Trinajstić information content (AvgIpc) is 2.79. The largest absolute Gasteiger partial charge is 0.462 e. The Hall–Kier alpha value is -2.83. The normalized spacial score (nSPS) is 26.0. The number of fused-ring (bicyclic) bond motifs is 1. The molecule has 0 N–H and O–H groups in total. The van der Waals surface area contributed by atoms with Gasteiger partial charge in [-0.1, -0.05) is 29.9 Å². The number of allylic oxidation sites excluding steroid dienone is 2. The minimum atomic E-state index is -0.763. The van der Waals surface area contributed by atoms with E-state index in [9.17, 15) is 14.4 Å². The van der Waals surface area contributed by atoms with Crippen LogP contribution in [0.5, 0.6) is 0 Å². The minimum absolute atomic E-state index is 0.0661. The fraction of sp³-hybridized carbons (Fsp3) is 0.577. The van der Waals surface area contributed by atoms with Crippen molar-refractivity contribution < 1.29 is 33.3 Å². The third-order valence-corrected chi connectivity index (χ3v) is 5.92. The van der Waals surface area contributed by atoms with Crippen molar-refractivity contribution in [2.45, 2.75) is 79.1 Å². The lowest BCUT2D eigenvalue weighted by atomic mass is 9.74. The molecule has 1 heterocycles. The van der Waals surface area contributed by atoms with Gasteiger partial charge in [0.15, 0.2) is 0 Å². The van der Waals surface area contributed by atoms with Crippen LogP contribution in [0.25, 0.3) is 0 Å². The molecule has 182 valence electrons. The second kappa shape index (κ2) is 12.4. The molecule has 0 aromatic carbocycles. The topological polar surface area (TPSA) is 88.1 Å². The lowest BCUT2D eigenvalue weighted by Crippen LogP contribution is -2.41. The molecule has 0 spiro atoms. The van der Waals surface area contributed by atoms with Crippen LogP contribution in [0.15, 0.2) is 47.3 Å². The van der Waals surface area contributed by atoms with Gasteiger partial charge in [0.05, 0.1) is 12.2 Å². The van der Waals surface area contributed by atoms with Crippen LogP contribution >= 0.6 is 0 Å².